The van der Waals surface area contributed by atoms with Crippen molar-refractivity contribution in [3.63, 3.8) is 0 Å². The molecule has 0 aliphatic carbocycles. The highest BCUT2D eigenvalue weighted by atomic mass is 19.1. The van der Waals surface area contributed by atoms with Crippen molar-refractivity contribution < 1.29 is 4.39 Å². The number of nitrogens with zero attached hydrogens (tertiary/aromatic N) is 3. The Labute approximate surface area is 128 Å². The zero-order valence-electron chi connectivity index (χ0n) is 13.4. The molecule has 0 saturated heterocycles. The fourth-order valence-electron chi connectivity index (χ4n) is 2.47. The number of nitriles is 1. The molecule has 0 bridgehead atoms. The minimum Gasteiger partial charge on any atom is -0.304 e. The molecule has 0 saturated carbocycles. The van der Waals surface area contributed by atoms with E-state index in [9.17, 15) is 4.39 Å². The van der Waals surface area contributed by atoms with Gasteiger partial charge in [-0.3, -0.25) is 4.90 Å². The smallest absolute Gasteiger partial charge is 0.124 e. The standard InChI is InChI=1S/C17H26FN3/c1-4-20(5-2)8-7-9-21(6-3)14-16-10-15(13-19)11-17(18)12-16/h10-12H,4-9,14H2,1-3H3. The number of hydrogen-bond acceptors (Lipinski definition) is 3. The Bertz CT molecular complexity index is 464. The normalized spacial score (nSPS) is 11.1. The van der Waals surface area contributed by atoms with Crippen LogP contribution in [0.4, 0.5) is 4.39 Å². The van der Waals surface area contributed by atoms with Crippen LogP contribution in [0.15, 0.2) is 18.2 Å². The average molecular weight is 291 g/mol. The third-order valence-corrected chi connectivity index (χ3v) is 3.78. The molecule has 0 aromatic heterocycles. The molecule has 4 heteroatoms. The molecule has 0 N–H and O–H groups in total. The zero-order valence-corrected chi connectivity index (χ0v) is 13.4. The second-order valence-electron chi connectivity index (χ2n) is 5.21. The third kappa shape index (κ3) is 6.24. The first-order chi connectivity index (χ1) is 10.1. The summed E-state index contributed by atoms with van der Waals surface area (Å²) in [4.78, 5) is 4.70. The lowest BCUT2D eigenvalue weighted by Crippen LogP contribution is -2.29. The van der Waals surface area contributed by atoms with Crippen molar-refractivity contribution in [3.8, 4) is 6.07 Å². The lowest BCUT2D eigenvalue weighted by atomic mass is 10.1. The molecule has 0 fully saturated rings. The molecular formula is C17H26FN3. The summed E-state index contributed by atoms with van der Waals surface area (Å²) in [5.74, 6) is -0.330. The first-order valence-electron chi connectivity index (χ1n) is 7.77. The van der Waals surface area contributed by atoms with E-state index < -0.39 is 0 Å². The maximum atomic E-state index is 13.4. The number of hydrogen-bond donors (Lipinski definition) is 0. The molecule has 0 unspecified atom stereocenters. The van der Waals surface area contributed by atoms with Crippen LogP contribution in [0, 0.1) is 17.1 Å². The van der Waals surface area contributed by atoms with Gasteiger partial charge >= 0.3 is 0 Å². The van der Waals surface area contributed by atoms with Crippen molar-refractivity contribution in [1.29, 1.82) is 5.26 Å². The Morgan fingerprint density at radius 1 is 1.00 bits per heavy atom. The lowest BCUT2D eigenvalue weighted by molar-refractivity contribution is 0.238. The maximum Gasteiger partial charge on any atom is 0.124 e. The van der Waals surface area contributed by atoms with Gasteiger partial charge in [-0.25, -0.2) is 4.39 Å². The lowest BCUT2D eigenvalue weighted by Gasteiger charge is -2.23. The van der Waals surface area contributed by atoms with Gasteiger partial charge in [0.1, 0.15) is 5.82 Å². The van der Waals surface area contributed by atoms with Gasteiger partial charge in [0.15, 0.2) is 0 Å². The molecule has 0 atom stereocenters. The summed E-state index contributed by atoms with van der Waals surface area (Å²) in [7, 11) is 0. The van der Waals surface area contributed by atoms with Crippen LogP contribution in [0.5, 0.6) is 0 Å². The molecule has 1 aromatic carbocycles. The minimum absolute atomic E-state index is 0.330. The van der Waals surface area contributed by atoms with Gasteiger partial charge in [-0.1, -0.05) is 20.8 Å². The second kappa shape index (κ2) is 9.49. The molecule has 21 heavy (non-hydrogen) atoms. The van der Waals surface area contributed by atoms with E-state index in [1.807, 2.05) is 6.07 Å². The first-order valence-corrected chi connectivity index (χ1v) is 7.77. The van der Waals surface area contributed by atoms with Crippen molar-refractivity contribution in [1.82, 2.24) is 9.80 Å². The molecule has 3 nitrogen and oxygen atoms in total. The SMILES string of the molecule is CCN(CC)CCCN(CC)Cc1cc(F)cc(C#N)c1. The van der Waals surface area contributed by atoms with Gasteiger partial charge < -0.3 is 4.90 Å². The van der Waals surface area contributed by atoms with Crippen molar-refractivity contribution in [2.75, 3.05) is 32.7 Å². The Balaban J connectivity index is 2.54. The number of halogens is 1. The summed E-state index contributed by atoms with van der Waals surface area (Å²) >= 11 is 0. The molecule has 0 spiro atoms. The van der Waals surface area contributed by atoms with Gasteiger partial charge in [0.2, 0.25) is 0 Å². The predicted octanol–water partition coefficient (Wildman–Crippen LogP) is 3.25. The van der Waals surface area contributed by atoms with Crippen LogP contribution in [-0.4, -0.2) is 42.5 Å². The van der Waals surface area contributed by atoms with Crippen molar-refractivity contribution in [2.24, 2.45) is 0 Å². The van der Waals surface area contributed by atoms with Crippen LogP contribution in [-0.2, 0) is 6.54 Å². The van der Waals surface area contributed by atoms with Crippen molar-refractivity contribution in [2.45, 2.75) is 33.7 Å². The fraction of sp³-hybridized carbons (Fsp3) is 0.588. The van der Waals surface area contributed by atoms with Crippen LogP contribution >= 0.6 is 0 Å². The van der Waals surface area contributed by atoms with E-state index in [2.05, 4.69) is 30.6 Å². The predicted molar refractivity (Wildman–Crippen MR) is 84.5 cm³/mol. The third-order valence-electron chi connectivity index (χ3n) is 3.78. The summed E-state index contributed by atoms with van der Waals surface area (Å²) < 4.78 is 13.4. The van der Waals surface area contributed by atoms with Crippen molar-refractivity contribution >= 4 is 0 Å². The monoisotopic (exact) mass is 291 g/mol. The molecule has 0 radical (unpaired) electrons. The van der Waals surface area contributed by atoms with Crippen LogP contribution < -0.4 is 0 Å². The highest BCUT2D eigenvalue weighted by molar-refractivity contribution is 5.33. The summed E-state index contributed by atoms with van der Waals surface area (Å²) in [6.07, 6.45) is 1.11. The van der Waals surface area contributed by atoms with E-state index in [1.165, 1.54) is 12.1 Å². The Hall–Kier alpha value is -1.44. The van der Waals surface area contributed by atoms with Crippen LogP contribution in [0.3, 0.4) is 0 Å². The molecule has 0 amide bonds. The van der Waals surface area contributed by atoms with Gasteiger partial charge in [0.05, 0.1) is 11.6 Å². The van der Waals surface area contributed by atoms with Crippen LogP contribution in [0.1, 0.15) is 38.3 Å². The van der Waals surface area contributed by atoms with E-state index in [-0.39, 0.29) is 5.82 Å². The van der Waals surface area contributed by atoms with E-state index in [0.29, 0.717) is 12.1 Å². The Morgan fingerprint density at radius 3 is 2.19 bits per heavy atom. The molecule has 0 heterocycles. The summed E-state index contributed by atoms with van der Waals surface area (Å²) in [6, 6.07) is 6.58. The fourth-order valence-corrected chi connectivity index (χ4v) is 2.47. The number of rotatable bonds is 9. The van der Waals surface area contributed by atoms with Gasteiger partial charge in [-0.2, -0.15) is 5.26 Å². The van der Waals surface area contributed by atoms with Gasteiger partial charge in [-0.05, 0) is 62.9 Å². The van der Waals surface area contributed by atoms with Gasteiger partial charge in [-0.15, -0.1) is 0 Å². The highest BCUT2D eigenvalue weighted by Crippen LogP contribution is 2.11. The maximum absolute atomic E-state index is 13.4. The van der Waals surface area contributed by atoms with Crippen LogP contribution in [0.25, 0.3) is 0 Å². The van der Waals surface area contributed by atoms with Gasteiger partial charge in [0, 0.05) is 6.54 Å². The highest BCUT2D eigenvalue weighted by Gasteiger charge is 2.07. The Morgan fingerprint density at radius 2 is 1.62 bits per heavy atom. The van der Waals surface area contributed by atoms with Crippen molar-refractivity contribution in [3.05, 3.63) is 35.1 Å². The quantitative estimate of drug-likeness (QED) is 0.699. The number of benzene rings is 1. The molecule has 0 aliphatic rings. The topological polar surface area (TPSA) is 30.3 Å². The van der Waals surface area contributed by atoms with E-state index in [0.717, 1.165) is 44.7 Å². The molecule has 1 aromatic rings. The largest absolute Gasteiger partial charge is 0.304 e. The van der Waals surface area contributed by atoms with E-state index in [4.69, 9.17) is 5.26 Å². The molecule has 116 valence electrons. The second-order valence-corrected chi connectivity index (χ2v) is 5.21. The summed E-state index contributed by atoms with van der Waals surface area (Å²) in [6.45, 7) is 12.3. The molecule has 0 aliphatic heterocycles. The molecule has 1 rings (SSSR count). The average Bonchev–Trinajstić information content (AvgIpc) is 2.49. The first kappa shape index (κ1) is 17.6. The summed E-state index contributed by atoms with van der Waals surface area (Å²) in [5.41, 5.74) is 1.26. The summed E-state index contributed by atoms with van der Waals surface area (Å²) in [5, 5.41) is 8.90. The zero-order chi connectivity index (χ0) is 15.7. The Kier molecular flexibility index (Phi) is 7.96. The van der Waals surface area contributed by atoms with Gasteiger partial charge in [0.25, 0.3) is 0 Å². The van der Waals surface area contributed by atoms with E-state index in [1.54, 1.807) is 6.07 Å². The molecular weight excluding hydrogens is 265 g/mol. The van der Waals surface area contributed by atoms with E-state index >= 15 is 0 Å². The minimum atomic E-state index is -0.330. The van der Waals surface area contributed by atoms with Crippen LogP contribution in [0.2, 0.25) is 0 Å².